The molecule has 26 heavy (non-hydrogen) atoms. The topological polar surface area (TPSA) is 48.0 Å². The standard InChI is InChI=1S/C18H36BNO4P2/c1-8-10-22-25(20(14(2)3)15(4)5)24-17-12-16(23-18(19)13-17)9-11-26(6,7)21/h9,11,14-18H,8,10,12-13H2,1-7H3/b11-9+. The Kier molecular flexibility index (Phi) is 10.6. The maximum Gasteiger partial charge on any atom is 0.259 e. The first kappa shape index (κ1) is 24.3. The summed E-state index contributed by atoms with van der Waals surface area (Å²) in [6.45, 7) is 14.9. The second-order valence-corrected chi connectivity index (χ2v) is 12.4. The summed E-state index contributed by atoms with van der Waals surface area (Å²) in [7, 11) is 2.69. The second kappa shape index (κ2) is 11.3. The van der Waals surface area contributed by atoms with Gasteiger partial charge in [-0.15, -0.1) is 0 Å². The van der Waals surface area contributed by atoms with E-state index in [1.54, 1.807) is 19.1 Å². The molecule has 1 aliphatic heterocycles. The fourth-order valence-electron chi connectivity index (χ4n) is 2.89. The molecule has 4 unspecified atom stereocenters. The SMILES string of the molecule is [B]C1CC(OP(OCCC)N(C(C)C)C(C)C)CC(/C=C/P(C)(C)=O)O1. The fraction of sp³-hybridized carbons (Fsp3) is 0.889. The molecule has 5 nitrogen and oxygen atoms in total. The van der Waals surface area contributed by atoms with Crippen molar-refractivity contribution >= 4 is 23.5 Å². The lowest BCUT2D eigenvalue weighted by Gasteiger charge is -2.40. The molecule has 1 rings (SSSR count). The summed E-state index contributed by atoms with van der Waals surface area (Å²) in [5.74, 6) is 1.75. The number of hydrogen-bond donors (Lipinski definition) is 0. The van der Waals surface area contributed by atoms with Crippen LogP contribution in [0.1, 0.15) is 53.9 Å². The van der Waals surface area contributed by atoms with Gasteiger partial charge in [0, 0.05) is 24.5 Å². The van der Waals surface area contributed by atoms with Crippen LogP contribution in [0, 0.1) is 0 Å². The molecule has 2 radical (unpaired) electrons. The fourth-order valence-corrected chi connectivity index (χ4v) is 5.31. The number of nitrogens with zero attached hydrogens (tertiary/aromatic N) is 1. The van der Waals surface area contributed by atoms with Gasteiger partial charge < -0.3 is 18.3 Å². The summed E-state index contributed by atoms with van der Waals surface area (Å²) >= 11 is 0. The Morgan fingerprint density at radius 3 is 2.38 bits per heavy atom. The first-order valence-electron chi connectivity index (χ1n) is 9.56. The van der Waals surface area contributed by atoms with Crippen LogP contribution in [0.3, 0.4) is 0 Å². The lowest BCUT2D eigenvalue weighted by molar-refractivity contribution is -0.0364. The quantitative estimate of drug-likeness (QED) is 0.382. The summed E-state index contributed by atoms with van der Waals surface area (Å²) in [5.41, 5.74) is 0. The van der Waals surface area contributed by atoms with E-state index >= 15 is 0 Å². The van der Waals surface area contributed by atoms with Gasteiger partial charge in [0.1, 0.15) is 15.0 Å². The minimum Gasteiger partial charge on any atom is -0.380 e. The Morgan fingerprint density at radius 2 is 1.88 bits per heavy atom. The summed E-state index contributed by atoms with van der Waals surface area (Å²) in [4.78, 5) is 0. The zero-order chi connectivity index (χ0) is 19.9. The summed E-state index contributed by atoms with van der Waals surface area (Å²) in [5, 5.41) is 0. The second-order valence-electron chi connectivity index (χ2n) is 7.83. The molecular weight excluding hydrogens is 367 g/mol. The van der Waals surface area contributed by atoms with Crippen molar-refractivity contribution in [2.75, 3.05) is 19.9 Å². The van der Waals surface area contributed by atoms with E-state index in [2.05, 4.69) is 39.3 Å². The average molecular weight is 403 g/mol. The maximum absolute atomic E-state index is 11.9. The molecule has 1 fully saturated rings. The van der Waals surface area contributed by atoms with E-state index in [-0.39, 0.29) is 18.2 Å². The van der Waals surface area contributed by atoms with Gasteiger partial charge in [0.15, 0.2) is 0 Å². The Balaban J connectivity index is 2.84. The van der Waals surface area contributed by atoms with Gasteiger partial charge in [0.2, 0.25) is 0 Å². The van der Waals surface area contributed by atoms with Crippen molar-refractivity contribution in [2.45, 2.75) is 84.2 Å². The zero-order valence-corrected chi connectivity index (χ0v) is 19.2. The first-order chi connectivity index (χ1) is 12.0. The molecular formula is C18H36BNO4P2. The number of rotatable bonds is 10. The van der Waals surface area contributed by atoms with Gasteiger partial charge in [-0.1, -0.05) is 13.0 Å². The van der Waals surface area contributed by atoms with Crippen LogP contribution in [0.4, 0.5) is 0 Å². The van der Waals surface area contributed by atoms with Crippen molar-refractivity contribution in [3.63, 3.8) is 0 Å². The molecule has 0 aromatic rings. The minimum atomic E-state index is -2.23. The number of ether oxygens (including phenoxy) is 1. The van der Waals surface area contributed by atoms with Gasteiger partial charge in [-0.3, -0.25) is 0 Å². The van der Waals surface area contributed by atoms with Crippen molar-refractivity contribution < 1.29 is 18.3 Å². The van der Waals surface area contributed by atoms with Gasteiger partial charge >= 0.3 is 0 Å². The van der Waals surface area contributed by atoms with E-state index in [1.807, 2.05) is 6.08 Å². The molecule has 1 saturated heterocycles. The van der Waals surface area contributed by atoms with Crippen LogP contribution < -0.4 is 0 Å². The summed E-state index contributed by atoms with van der Waals surface area (Å²) < 4.78 is 32.5. The van der Waals surface area contributed by atoms with Crippen molar-refractivity contribution in [1.29, 1.82) is 0 Å². The highest BCUT2D eigenvalue weighted by molar-refractivity contribution is 7.65. The maximum atomic E-state index is 11.9. The number of hydrogen-bond acceptors (Lipinski definition) is 5. The monoisotopic (exact) mass is 403 g/mol. The van der Waals surface area contributed by atoms with Crippen LogP contribution in [-0.2, 0) is 18.3 Å². The van der Waals surface area contributed by atoms with Crippen LogP contribution in [0.25, 0.3) is 0 Å². The molecule has 0 amide bonds. The predicted molar refractivity (Wildman–Crippen MR) is 112 cm³/mol. The molecule has 1 aliphatic rings. The molecule has 8 heteroatoms. The predicted octanol–water partition coefficient (Wildman–Crippen LogP) is 4.95. The largest absolute Gasteiger partial charge is 0.380 e. The highest BCUT2D eigenvalue weighted by Crippen LogP contribution is 2.48. The van der Waals surface area contributed by atoms with Gasteiger partial charge in [0.25, 0.3) is 8.53 Å². The Hall–Kier alpha value is 0.305. The van der Waals surface area contributed by atoms with E-state index in [0.717, 1.165) is 6.42 Å². The molecule has 0 aliphatic carbocycles. The van der Waals surface area contributed by atoms with Crippen LogP contribution in [0.2, 0.25) is 0 Å². The molecule has 0 N–H and O–H groups in total. The van der Waals surface area contributed by atoms with Crippen molar-refractivity contribution in [3.8, 4) is 0 Å². The van der Waals surface area contributed by atoms with E-state index < -0.39 is 15.7 Å². The van der Waals surface area contributed by atoms with Gasteiger partial charge in [-0.2, -0.15) is 0 Å². The Morgan fingerprint density at radius 1 is 1.27 bits per heavy atom. The average Bonchev–Trinajstić information content (AvgIpc) is 2.48. The Labute approximate surface area is 163 Å². The lowest BCUT2D eigenvalue weighted by atomic mass is 9.89. The molecule has 4 atom stereocenters. The third kappa shape index (κ3) is 9.00. The normalized spacial score (nSPS) is 26.3. The van der Waals surface area contributed by atoms with Crippen molar-refractivity contribution in [1.82, 2.24) is 4.67 Å². The molecule has 1 heterocycles. The third-order valence-corrected chi connectivity index (χ3v) is 6.96. The summed E-state index contributed by atoms with van der Waals surface area (Å²) in [6.07, 6.45) is 3.94. The van der Waals surface area contributed by atoms with E-state index in [4.69, 9.17) is 21.6 Å². The van der Waals surface area contributed by atoms with Gasteiger partial charge in [0.05, 0.1) is 18.8 Å². The van der Waals surface area contributed by atoms with E-state index in [9.17, 15) is 4.57 Å². The van der Waals surface area contributed by atoms with Gasteiger partial charge in [-0.25, -0.2) is 4.67 Å². The molecule has 0 bridgehead atoms. The summed E-state index contributed by atoms with van der Waals surface area (Å²) in [6, 6.07) is 0.271. The van der Waals surface area contributed by atoms with E-state index in [1.165, 1.54) is 0 Å². The van der Waals surface area contributed by atoms with Crippen molar-refractivity contribution in [2.24, 2.45) is 0 Å². The zero-order valence-electron chi connectivity index (χ0n) is 17.4. The smallest absolute Gasteiger partial charge is 0.259 e. The van der Waals surface area contributed by atoms with Crippen LogP contribution in [-0.4, -0.2) is 62.7 Å². The highest BCUT2D eigenvalue weighted by Gasteiger charge is 2.33. The minimum absolute atomic E-state index is 0.0375. The van der Waals surface area contributed by atoms with Gasteiger partial charge in [-0.05, 0) is 59.7 Å². The van der Waals surface area contributed by atoms with E-state index in [0.29, 0.717) is 31.5 Å². The third-order valence-electron chi connectivity index (χ3n) is 3.89. The van der Waals surface area contributed by atoms with Crippen LogP contribution in [0.15, 0.2) is 11.9 Å². The van der Waals surface area contributed by atoms with Crippen LogP contribution in [0.5, 0.6) is 0 Å². The molecule has 0 aromatic heterocycles. The van der Waals surface area contributed by atoms with Crippen molar-refractivity contribution in [3.05, 3.63) is 11.9 Å². The molecule has 150 valence electrons. The molecule has 0 spiro atoms. The highest BCUT2D eigenvalue weighted by atomic mass is 31.2. The van der Waals surface area contributed by atoms with Crippen LogP contribution >= 0.6 is 15.7 Å². The molecule has 0 saturated carbocycles. The molecule has 0 aromatic carbocycles. The lowest BCUT2D eigenvalue weighted by Crippen LogP contribution is -2.39. The Bertz CT molecular complexity index is 476. The first-order valence-corrected chi connectivity index (χ1v) is 13.4.